The monoisotopic (exact) mass is 541 g/mol. The van der Waals surface area contributed by atoms with Crippen LogP contribution in [-0.2, 0) is 23.7 Å². The highest BCUT2D eigenvalue weighted by Crippen LogP contribution is 2.54. The molecule has 0 bridgehead atoms. The van der Waals surface area contributed by atoms with Crippen molar-refractivity contribution in [1.29, 1.82) is 0 Å². The third kappa shape index (κ3) is 11.1. The average molecular weight is 542 g/mol. The highest BCUT2D eigenvalue weighted by atomic mass is 16.6. The number of hydrogen-bond donors (Lipinski definition) is 2. The summed E-state index contributed by atoms with van der Waals surface area (Å²) in [5.74, 6) is 2.19. The van der Waals surface area contributed by atoms with Gasteiger partial charge in [0.25, 0.3) is 0 Å². The van der Waals surface area contributed by atoms with Gasteiger partial charge in [0.2, 0.25) is 0 Å². The second kappa shape index (κ2) is 18.2. The fraction of sp³-hybridized carbons (Fsp3) is 0.900. The van der Waals surface area contributed by atoms with Gasteiger partial charge >= 0.3 is 6.09 Å². The number of aliphatic hydroxyl groups excluding tert-OH is 1. The van der Waals surface area contributed by atoms with E-state index in [1.165, 1.54) is 18.4 Å². The SMILES string of the molecule is CCCC(C)C1CC=C2CC(OC(=O)NCCCOCCOCCOCCOC(C)CO)CCC2(C)C1C. The molecule has 2 aliphatic carbocycles. The van der Waals surface area contributed by atoms with Crippen LogP contribution >= 0.6 is 0 Å². The van der Waals surface area contributed by atoms with Crippen molar-refractivity contribution >= 4 is 6.09 Å². The second-order valence-corrected chi connectivity index (χ2v) is 11.4. The Balaban J connectivity index is 1.49. The van der Waals surface area contributed by atoms with E-state index in [-0.39, 0.29) is 30.3 Å². The molecule has 2 aliphatic rings. The molecule has 1 saturated carbocycles. The third-order valence-electron chi connectivity index (χ3n) is 8.57. The van der Waals surface area contributed by atoms with Crippen LogP contribution in [0.25, 0.3) is 0 Å². The van der Waals surface area contributed by atoms with Gasteiger partial charge in [-0.1, -0.05) is 52.2 Å². The van der Waals surface area contributed by atoms with Crippen LogP contribution in [-0.4, -0.2) is 82.8 Å². The Labute approximate surface area is 231 Å². The van der Waals surface area contributed by atoms with Crippen LogP contribution in [0.3, 0.4) is 0 Å². The third-order valence-corrected chi connectivity index (χ3v) is 8.57. The summed E-state index contributed by atoms with van der Waals surface area (Å²) in [6, 6.07) is 0. The lowest BCUT2D eigenvalue weighted by atomic mass is 9.55. The second-order valence-electron chi connectivity index (χ2n) is 11.4. The molecule has 0 spiro atoms. The lowest BCUT2D eigenvalue weighted by Crippen LogP contribution is -2.43. The number of carbonyl (C=O) groups is 1. The van der Waals surface area contributed by atoms with Crippen LogP contribution in [0.4, 0.5) is 4.79 Å². The van der Waals surface area contributed by atoms with Crippen LogP contribution in [0.1, 0.15) is 79.6 Å². The Morgan fingerprint density at radius 3 is 2.42 bits per heavy atom. The van der Waals surface area contributed by atoms with E-state index in [1.807, 2.05) is 6.92 Å². The number of rotatable bonds is 19. The van der Waals surface area contributed by atoms with Crippen LogP contribution in [0.2, 0.25) is 0 Å². The normalized spacial score (nSPS) is 26.8. The van der Waals surface area contributed by atoms with Crippen molar-refractivity contribution in [2.45, 2.75) is 91.8 Å². The van der Waals surface area contributed by atoms with Gasteiger partial charge in [0.15, 0.2) is 0 Å². The van der Waals surface area contributed by atoms with Gasteiger partial charge in [0, 0.05) is 19.6 Å². The number of carbonyl (C=O) groups excluding carboxylic acids is 1. The molecule has 8 heteroatoms. The lowest BCUT2D eigenvalue weighted by molar-refractivity contribution is -0.0266. The summed E-state index contributed by atoms with van der Waals surface area (Å²) >= 11 is 0. The molecule has 0 heterocycles. The van der Waals surface area contributed by atoms with Gasteiger partial charge in [0.1, 0.15) is 6.10 Å². The number of nitrogens with one attached hydrogen (secondary N) is 1. The number of ether oxygens (including phenoxy) is 5. The molecule has 0 aliphatic heterocycles. The van der Waals surface area contributed by atoms with Crippen LogP contribution < -0.4 is 5.32 Å². The van der Waals surface area contributed by atoms with Crippen LogP contribution in [0.15, 0.2) is 11.6 Å². The molecular formula is C30H55NO7. The zero-order valence-electron chi connectivity index (χ0n) is 24.7. The minimum absolute atomic E-state index is 0.0144. The highest BCUT2D eigenvalue weighted by Gasteiger charge is 2.46. The number of hydrogen-bond acceptors (Lipinski definition) is 7. The summed E-state index contributed by atoms with van der Waals surface area (Å²) in [7, 11) is 0. The van der Waals surface area contributed by atoms with Crippen molar-refractivity contribution in [3.8, 4) is 0 Å². The number of alkyl carbamates (subject to hydrolysis) is 1. The maximum atomic E-state index is 12.3. The quantitative estimate of drug-likeness (QED) is 0.173. The zero-order valence-corrected chi connectivity index (χ0v) is 24.7. The zero-order chi connectivity index (χ0) is 27.8. The fourth-order valence-corrected chi connectivity index (χ4v) is 5.95. The Hall–Kier alpha value is -1.19. The van der Waals surface area contributed by atoms with E-state index in [9.17, 15) is 4.79 Å². The summed E-state index contributed by atoms with van der Waals surface area (Å²) in [5, 5.41) is 11.7. The van der Waals surface area contributed by atoms with Crippen molar-refractivity contribution in [3.05, 3.63) is 11.6 Å². The van der Waals surface area contributed by atoms with E-state index in [4.69, 9.17) is 28.8 Å². The molecule has 222 valence electrons. The van der Waals surface area contributed by atoms with Gasteiger partial charge < -0.3 is 34.1 Å². The minimum atomic E-state index is -0.322. The van der Waals surface area contributed by atoms with Gasteiger partial charge in [-0.15, -0.1) is 0 Å². The van der Waals surface area contributed by atoms with Gasteiger partial charge in [-0.25, -0.2) is 4.79 Å². The summed E-state index contributed by atoms with van der Waals surface area (Å²) in [4.78, 5) is 12.3. The Kier molecular flexibility index (Phi) is 15.8. The molecule has 8 nitrogen and oxygen atoms in total. The van der Waals surface area contributed by atoms with Gasteiger partial charge in [-0.2, -0.15) is 0 Å². The largest absolute Gasteiger partial charge is 0.446 e. The molecule has 6 unspecified atom stereocenters. The number of aliphatic hydroxyl groups is 1. The predicted molar refractivity (Wildman–Crippen MR) is 149 cm³/mol. The predicted octanol–water partition coefficient (Wildman–Crippen LogP) is 5.13. The number of fused-ring (bicyclic) bond motifs is 1. The molecule has 38 heavy (non-hydrogen) atoms. The molecule has 0 aromatic heterocycles. The average Bonchev–Trinajstić information content (AvgIpc) is 2.90. The molecular weight excluding hydrogens is 486 g/mol. The fourth-order valence-electron chi connectivity index (χ4n) is 5.95. The van der Waals surface area contributed by atoms with E-state index in [0.29, 0.717) is 58.7 Å². The van der Waals surface area contributed by atoms with Crippen molar-refractivity contribution in [3.63, 3.8) is 0 Å². The van der Waals surface area contributed by atoms with Crippen LogP contribution in [0, 0.1) is 23.2 Å². The topological polar surface area (TPSA) is 95.5 Å². The number of allylic oxidation sites excluding steroid dienone is 1. The van der Waals surface area contributed by atoms with E-state index in [2.05, 4.69) is 39.1 Å². The van der Waals surface area contributed by atoms with E-state index in [0.717, 1.165) is 43.9 Å². The van der Waals surface area contributed by atoms with E-state index < -0.39 is 0 Å². The van der Waals surface area contributed by atoms with E-state index >= 15 is 0 Å². The van der Waals surface area contributed by atoms with E-state index in [1.54, 1.807) is 0 Å². The lowest BCUT2D eigenvalue weighted by Gasteiger charge is -2.50. The highest BCUT2D eigenvalue weighted by molar-refractivity contribution is 5.67. The first kappa shape index (κ1) is 33.0. The minimum Gasteiger partial charge on any atom is -0.446 e. The maximum absolute atomic E-state index is 12.3. The summed E-state index contributed by atoms with van der Waals surface area (Å²) < 4.78 is 27.5. The van der Waals surface area contributed by atoms with Gasteiger partial charge in [-0.05, 0) is 55.8 Å². The first-order chi connectivity index (χ1) is 18.3. The first-order valence-electron chi connectivity index (χ1n) is 14.9. The summed E-state index contributed by atoms with van der Waals surface area (Å²) in [6.07, 6.45) is 9.30. The molecule has 1 amide bonds. The molecule has 2 N–H and O–H groups in total. The Morgan fingerprint density at radius 1 is 1.11 bits per heavy atom. The molecule has 2 rings (SSSR count). The Bertz CT molecular complexity index is 688. The van der Waals surface area contributed by atoms with Crippen molar-refractivity contribution in [2.75, 3.05) is 59.4 Å². The van der Waals surface area contributed by atoms with Gasteiger partial charge in [0.05, 0.1) is 52.4 Å². The molecule has 0 saturated heterocycles. The molecule has 0 aromatic rings. The van der Waals surface area contributed by atoms with Crippen LogP contribution in [0.5, 0.6) is 0 Å². The van der Waals surface area contributed by atoms with Crippen molar-refractivity contribution in [1.82, 2.24) is 5.32 Å². The maximum Gasteiger partial charge on any atom is 0.407 e. The smallest absolute Gasteiger partial charge is 0.407 e. The first-order valence-corrected chi connectivity index (χ1v) is 14.9. The summed E-state index contributed by atoms with van der Waals surface area (Å²) in [6.45, 7) is 15.5. The molecule has 0 aromatic carbocycles. The Morgan fingerprint density at radius 2 is 1.76 bits per heavy atom. The van der Waals surface area contributed by atoms with Gasteiger partial charge in [-0.3, -0.25) is 0 Å². The molecule has 1 fully saturated rings. The number of amides is 1. The summed E-state index contributed by atoms with van der Waals surface area (Å²) in [5.41, 5.74) is 1.74. The standard InChI is InChI=1S/C30H55NO7/c1-6-8-23(2)28-10-9-26-21-27(11-12-30(26,5)25(28)4)38-29(33)31-13-7-14-34-15-16-35-17-18-36-19-20-37-24(3)22-32/h9,23-25,27-28,32H,6-8,10-22H2,1-5H3,(H,31,33). The van der Waals surface area contributed by atoms with Crippen molar-refractivity contribution < 1.29 is 33.6 Å². The van der Waals surface area contributed by atoms with Crippen molar-refractivity contribution in [2.24, 2.45) is 23.2 Å². The molecule has 6 atom stereocenters. The molecule has 0 radical (unpaired) electrons.